The molecule has 2 N–H and O–H groups in total. The average molecular weight is 376 g/mol. The van der Waals surface area contributed by atoms with E-state index in [9.17, 15) is 14.0 Å². The highest BCUT2D eigenvalue weighted by molar-refractivity contribution is 5.92. The lowest BCUT2D eigenvalue weighted by atomic mass is 10.2. The molecule has 0 bridgehead atoms. The van der Waals surface area contributed by atoms with Crippen LogP contribution >= 0.6 is 0 Å². The number of nitrogens with zero attached hydrogens (tertiary/aromatic N) is 2. The Labute approximate surface area is 155 Å². The Morgan fingerprint density at radius 1 is 1.33 bits per heavy atom. The minimum Gasteiger partial charge on any atom is -0.484 e. The van der Waals surface area contributed by atoms with Crippen LogP contribution in [0.5, 0.6) is 5.75 Å². The van der Waals surface area contributed by atoms with Crippen molar-refractivity contribution in [1.82, 2.24) is 20.4 Å². The maximum atomic E-state index is 12.8. The monoisotopic (exact) mass is 376 g/mol. The average Bonchev–Trinajstić information content (AvgIpc) is 3.20. The van der Waals surface area contributed by atoms with Crippen LogP contribution in [0.2, 0.25) is 0 Å². The normalized spacial score (nSPS) is 15.3. The van der Waals surface area contributed by atoms with E-state index in [0.717, 1.165) is 5.69 Å². The van der Waals surface area contributed by atoms with Crippen molar-refractivity contribution in [3.63, 3.8) is 0 Å². The zero-order valence-electron chi connectivity index (χ0n) is 14.9. The van der Waals surface area contributed by atoms with E-state index in [1.54, 1.807) is 17.9 Å². The Morgan fingerprint density at radius 3 is 2.81 bits per heavy atom. The number of carbonyl (C=O) groups is 2. The van der Waals surface area contributed by atoms with E-state index in [4.69, 9.17) is 9.47 Å². The van der Waals surface area contributed by atoms with Crippen molar-refractivity contribution in [2.45, 2.75) is 19.0 Å². The maximum absolute atomic E-state index is 12.8. The molecule has 0 aliphatic carbocycles. The molecule has 0 radical (unpaired) electrons. The molecule has 1 aliphatic rings. The molecule has 0 saturated heterocycles. The number of methoxy groups -OCH3 is 1. The standard InChI is InChI=1S/C18H21FN4O4/c1-26-7-6-20-18(25)16-9-14-8-13(10-23(14)22-16)21-17(24)11-27-15-4-2-12(19)3-5-15/h2-5,9,13H,6-8,10-11H2,1H3,(H,20,25)(H,21,24). The Kier molecular flexibility index (Phi) is 6.02. The molecule has 1 unspecified atom stereocenters. The third-order valence-electron chi connectivity index (χ3n) is 4.09. The van der Waals surface area contributed by atoms with Crippen LogP contribution in [0.3, 0.4) is 0 Å². The Bertz CT molecular complexity index is 783. The molecule has 1 aliphatic heterocycles. The predicted molar refractivity (Wildman–Crippen MR) is 94.0 cm³/mol. The van der Waals surface area contributed by atoms with Crippen molar-refractivity contribution >= 4 is 11.8 Å². The van der Waals surface area contributed by atoms with Gasteiger partial charge in [0.25, 0.3) is 11.8 Å². The third-order valence-corrected chi connectivity index (χ3v) is 4.09. The zero-order chi connectivity index (χ0) is 19.2. The molecule has 0 spiro atoms. The van der Waals surface area contributed by atoms with Crippen LogP contribution in [-0.4, -0.2) is 54.5 Å². The fourth-order valence-corrected chi connectivity index (χ4v) is 2.82. The van der Waals surface area contributed by atoms with Gasteiger partial charge in [0, 0.05) is 25.8 Å². The van der Waals surface area contributed by atoms with Crippen molar-refractivity contribution < 1.29 is 23.5 Å². The van der Waals surface area contributed by atoms with Crippen LogP contribution in [-0.2, 0) is 22.5 Å². The number of benzene rings is 1. The molecule has 0 fully saturated rings. The van der Waals surface area contributed by atoms with Crippen LogP contribution in [0.4, 0.5) is 4.39 Å². The van der Waals surface area contributed by atoms with Crippen LogP contribution in [0.25, 0.3) is 0 Å². The predicted octanol–water partition coefficient (Wildman–Crippen LogP) is 0.518. The van der Waals surface area contributed by atoms with Crippen LogP contribution in [0.1, 0.15) is 16.2 Å². The quantitative estimate of drug-likeness (QED) is 0.655. The maximum Gasteiger partial charge on any atom is 0.271 e. The van der Waals surface area contributed by atoms with E-state index >= 15 is 0 Å². The second-order valence-electron chi connectivity index (χ2n) is 6.16. The summed E-state index contributed by atoms with van der Waals surface area (Å²) in [5, 5.41) is 9.86. The largest absolute Gasteiger partial charge is 0.484 e. The molecular weight excluding hydrogens is 355 g/mol. The van der Waals surface area contributed by atoms with Crippen LogP contribution in [0.15, 0.2) is 30.3 Å². The number of ether oxygens (including phenoxy) is 2. The summed E-state index contributed by atoms with van der Waals surface area (Å²) in [6.45, 7) is 1.19. The first-order valence-electron chi connectivity index (χ1n) is 8.56. The fourth-order valence-electron chi connectivity index (χ4n) is 2.82. The molecule has 2 heterocycles. The molecule has 144 valence electrons. The Balaban J connectivity index is 1.44. The van der Waals surface area contributed by atoms with Gasteiger partial charge in [0.2, 0.25) is 0 Å². The molecule has 27 heavy (non-hydrogen) atoms. The van der Waals surface area contributed by atoms with Crippen molar-refractivity contribution in [1.29, 1.82) is 0 Å². The van der Waals surface area contributed by atoms with Gasteiger partial charge in [-0.05, 0) is 30.3 Å². The fraction of sp³-hybridized carbons (Fsp3) is 0.389. The minimum atomic E-state index is -0.362. The molecule has 9 heteroatoms. The van der Waals surface area contributed by atoms with Crippen molar-refractivity contribution in [3.05, 3.63) is 47.5 Å². The molecule has 1 aromatic carbocycles. The summed E-state index contributed by atoms with van der Waals surface area (Å²) < 4.78 is 24.8. The van der Waals surface area contributed by atoms with Crippen molar-refractivity contribution in [2.75, 3.05) is 26.9 Å². The number of aromatic nitrogens is 2. The summed E-state index contributed by atoms with van der Waals surface area (Å²) in [7, 11) is 1.57. The number of nitrogens with one attached hydrogen (secondary N) is 2. The minimum absolute atomic E-state index is 0.109. The van der Waals surface area contributed by atoms with E-state index in [0.29, 0.717) is 37.6 Å². The zero-order valence-corrected chi connectivity index (χ0v) is 14.9. The van der Waals surface area contributed by atoms with Gasteiger partial charge < -0.3 is 20.1 Å². The van der Waals surface area contributed by atoms with Crippen LogP contribution < -0.4 is 15.4 Å². The highest BCUT2D eigenvalue weighted by Gasteiger charge is 2.26. The van der Waals surface area contributed by atoms with Gasteiger partial charge in [-0.3, -0.25) is 14.3 Å². The SMILES string of the molecule is COCCNC(=O)c1cc2n(n1)CC(NC(=O)COc1ccc(F)cc1)C2. The smallest absolute Gasteiger partial charge is 0.271 e. The van der Waals surface area contributed by atoms with Crippen molar-refractivity contribution in [3.8, 4) is 5.75 Å². The van der Waals surface area contributed by atoms with Crippen LogP contribution in [0, 0.1) is 5.82 Å². The summed E-state index contributed by atoms with van der Waals surface area (Å²) >= 11 is 0. The molecule has 0 saturated carbocycles. The number of amides is 2. The van der Waals surface area contributed by atoms with E-state index in [2.05, 4.69) is 15.7 Å². The summed E-state index contributed by atoms with van der Waals surface area (Å²) in [6.07, 6.45) is 0.584. The number of rotatable bonds is 8. The first kappa shape index (κ1) is 18.8. The summed E-state index contributed by atoms with van der Waals surface area (Å²) in [5.41, 5.74) is 1.24. The first-order chi connectivity index (χ1) is 13.0. The number of hydrogen-bond acceptors (Lipinski definition) is 5. The second-order valence-corrected chi connectivity index (χ2v) is 6.16. The lowest BCUT2D eigenvalue weighted by Gasteiger charge is -2.12. The van der Waals surface area contributed by atoms with Gasteiger partial charge in [-0.15, -0.1) is 0 Å². The summed E-state index contributed by atoms with van der Waals surface area (Å²) in [5.74, 6) is -0.455. The third kappa shape index (κ3) is 5.04. The second kappa shape index (κ2) is 8.63. The molecule has 2 amide bonds. The highest BCUT2D eigenvalue weighted by Crippen LogP contribution is 2.16. The molecular formula is C18H21FN4O4. The molecule has 1 aromatic heterocycles. The summed E-state index contributed by atoms with van der Waals surface area (Å²) in [6, 6.07) is 7.09. The van der Waals surface area contributed by atoms with E-state index < -0.39 is 0 Å². The highest BCUT2D eigenvalue weighted by atomic mass is 19.1. The molecule has 1 atom stereocenters. The lowest BCUT2D eigenvalue weighted by molar-refractivity contribution is -0.123. The van der Waals surface area contributed by atoms with Gasteiger partial charge in [-0.2, -0.15) is 5.10 Å². The van der Waals surface area contributed by atoms with E-state index in [1.165, 1.54) is 24.3 Å². The number of fused-ring (bicyclic) bond motifs is 1. The summed E-state index contributed by atoms with van der Waals surface area (Å²) in [4.78, 5) is 24.0. The molecule has 2 aromatic rings. The van der Waals surface area contributed by atoms with E-state index in [1.807, 2.05) is 0 Å². The first-order valence-corrected chi connectivity index (χ1v) is 8.56. The Morgan fingerprint density at radius 2 is 2.11 bits per heavy atom. The molecule has 3 rings (SSSR count). The van der Waals surface area contributed by atoms with Gasteiger partial charge >= 0.3 is 0 Å². The lowest BCUT2D eigenvalue weighted by Crippen LogP contribution is -2.39. The number of halogens is 1. The van der Waals surface area contributed by atoms with Crippen molar-refractivity contribution in [2.24, 2.45) is 0 Å². The molecule has 8 nitrogen and oxygen atoms in total. The number of carbonyl (C=O) groups excluding carboxylic acids is 2. The topological polar surface area (TPSA) is 94.5 Å². The van der Waals surface area contributed by atoms with Gasteiger partial charge in [0.1, 0.15) is 17.3 Å². The van der Waals surface area contributed by atoms with Gasteiger partial charge in [-0.25, -0.2) is 4.39 Å². The Hall–Kier alpha value is -2.94. The van der Waals surface area contributed by atoms with Gasteiger partial charge in [-0.1, -0.05) is 0 Å². The van der Waals surface area contributed by atoms with Gasteiger partial charge in [0.05, 0.1) is 19.2 Å². The number of hydrogen-bond donors (Lipinski definition) is 2. The van der Waals surface area contributed by atoms with E-state index in [-0.39, 0.29) is 30.3 Å². The van der Waals surface area contributed by atoms with Gasteiger partial charge in [0.15, 0.2) is 6.61 Å².